The third-order valence-corrected chi connectivity index (χ3v) is 4.18. The van der Waals surface area contributed by atoms with Crippen molar-refractivity contribution in [2.75, 3.05) is 19.7 Å². The predicted molar refractivity (Wildman–Crippen MR) is 89.6 cm³/mol. The summed E-state index contributed by atoms with van der Waals surface area (Å²) in [5.41, 5.74) is 2.92. The summed E-state index contributed by atoms with van der Waals surface area (Å²) in [5.74, 6) is 0.750. The fourth-order valence-electron chi connectivity index (χ4n) is 3.03. The van der Waals surface area contributed by atoms with Crippen molar-refractivity contribution >= 4 is 0 Å². The van der Waals surface area contributed by atoms with Crippen molar-refractivity contribution < 1.29 is 4.74 Å². The highest BCUT2D eigenvalue weighted by molar-refractivity contribution is 5.31. The van der Waals surface area contributed by atoms with Gasteiger partial charge in [0.05, 0.1) is 6.10 Å². The zero-order valence-corrected chi connectivity index (χ0v) is 13.7. The summed E-state index contributed by atoms with van der Waals surface area (Å²) >= 11 is 0. The number of benzene rings is 1. The maximum absolute atomic E-state index is 6.13. The molecule has 118 valence electrons. The Morgan fingerprint density at radius 2 is 2.05 bits per heavy atom. The van der Waals surface area contributed by atoms with Crippen LogP contribution in [0.2, 0.25) is 0 Å². The number of unbranched alkanes of at least 4 members (excludes halogenated alkanes) is 2. The molecule has 0 saturated heterocycles. The Balaban J connectivity index is 1.58. The van der Waals surface area contributed by atoms with Gasteiger partial charge < -0.3 is 10.1 Å². The number of hydrogen-bond acceptors (Lipinski definition) is 2. The van der Waals surface area contributed by atoms with Crippen LogP contribution in [-0.2, 0) is 11.2 Å². The zero-order valence-electron chi connectivity index (χ0n) is 13.7. The molecule has 0 heterocycles. The van der Waals surface area contributed by atoms with Gasteiger partial charge in [-0.1, -0.05) is 38.1 Å². The van der Waals surface area contributed by atoms with Crippen molar-refractivity contribution in [1.82, 2.24) is 5.32 Å². The molecule has 1 aromatic rings. The highest BCUT2D eigenvalue weighted by atomic mass is 16.5. The minimum Gasteiger partial charge on any atom is -0.374 e. The summed E-state index contributed by atoms with van der Waals surface area (Å²) in [4.78, 5) is 0. The van der Waals surface area contributed by atoms with Gasteiger partial charge >= 0.3 is 0 Å². The molecule has 0 saturated carbocycles. The van der Waals surface area contributed by atoms with Crippen LogP contribution in [0, 0.1) is 5.92 Å². The lowest BCUT2D eigenvalue weighted by Crippen LogP contribution is -2.20. The molecule has 1 unspecified atom stereocenters. The highest BCUT2D eigenvalue weighted by Gasteiger charge is 2.19. The second kappa shape index (κ2) is 9.22. The van der Waals surface area contributed by atoms with Crippen LogP contribution in [0.15, 0.2) is 24.3 Å². The number of hydrogen-bond donors (Lipinski definition) is 1. The normalized spacial score (nSPS) is 18.0. The zero-order chi connectivity index (χ0) is 14.9. The van der Waals surface area contributed by atoms with Crippen LogP contribution < -0.4 is 5.32 Å². The monoisotopic (exact) mass is 289 g/mol. The lowest BCUT2D eigenvalue weighted by molar-refractivity contribution is 0.0383. The molecular weight excluding hydrogens is 258 g/mol. The van der Waals surface area contributed by atoms with Gasteiger partial charge in [0.15, 0.2) is 0 Å². The Labute approximate surface area is 130 Å². The standard InChI is InChI=1S/C19H31NO/c1-16(2)15-20-13-6-3-7-14-21-19-12-8-10-17-9-4-5-11-18(17)19/h4-5,9,11,16,19-20H,3,6-8,10,12-15H2,1-2H3. The van der Waals surface area contributed by atoms with E-state index in [-0.39, 0.29) is 0 Å². The maximum atomic E-state index is 6.13. The molecular formula is C19H31NO. The molecule has 0 fully saturated rings. The van der Waals surface area contributed by atoms with E-state index < -0.39 is 0 Å². The average Bonchev–Trinajstić information content (AvgIpc) is 2.50. The molecule has 0 aromatic heterocycles. The minimum atomic E-state index is 0.342. The topological polar surface area (TPSA) is 21.3 Å². The summed E-state index contributed by atoms with van der Waals surface area (Å²) in [6, 6.07) is 8.78. The van der Waals surface area contributed by atoms with Gasteiger partial charge in [-0.05, 0) is 68.7 Å². The lowest BCUT2D eigenvalue weighted by atomic mass is 9.89. The molecule has 1 aliphatic carbocycles. The molecule has 0 aliphatic heterocycles. The molecule has 1 aromatic carbocycles. The van der Waals surface area contributed by atoms with Gasteiger partial charge in [0.1, 0.15) is 0 Å². The van der Waals surface area contributed by atoms with Crippen LogP contribution in [0.25, 0.3) is 0 Å². The van der Waals surface area contributed by atoms with Crippen LogP contribution >= 0.6 is 0 Å². The van der Waals surface area contributed by atoms with Crippen molar-refractivity contribution in [3.05, 3.63) is 35.4 Å². The Morgan fingerprint density at radius 1 is 1.19 bits per heavy atom. The van der Waals surface area contributed by atoms with Crippen LogP contribution in [0.1, 0.15) is 63.2 Å². The molecule has 0 radical (unpaired) electrons. The Kier molecular flexibility index (Phi) is 7.25. The van der Waals surface area contributed by atoms with E-state index in [4.69, 9.17) is 4.74 Å². The van der Waals surface area contributed by atoms with E-state index in [1.54, 1.807) is 0 Å². The molecule has 21 heavy (non-hydrogen) atoms. The van der Waals surface area contributed by atoms with Crippen molar-refractivity contribution in [3.8, 4) is 0 Å². The summed E-state index contributed by atoms with van der Waals surface area (Å²) in [6.07, 6.45) is 7.72. The molecule has 0 bridgehead atoms. The van der Waals surface area contributed by atoms with Gasteiger partial charge in [-0.3, -0.25) is 0 Å². The van der Waals surface area contributed by atoms with Gasteiger partial charge in [-0.15, -0.1) is 0 Å². The van der Waals surface area contributed by atoms with E-state index in [0.29, 0.717) is 6.10 Å². The van der Waals surface area contributed by atoms with E-state index >= 15 is 0 Å². The SMILES string of the molecule is CC(C)CNCCCCCOC1CCCc2ccccc21. The molecule has 1 N–H and O–H groups in total. The summed E-state index contributed by atoms with van der Waals surface area (Å²) in [7, 11) is 0. The fourth-order valence-corrected chi connectivity index (χ4v) is 3.03. The molecule has 0 amide bonds. The number of nitrogens with one attached hydrogen (secondary N) is 1. The van der Waals surface area contributed by atoms with Gasteiger partial charge in [-0.2, -0.15) is 0 Å². The third-order valence-electron chi connectivity index (χ3n) is 4.18. The predicted octanol–water partition coefficient (Wildman–Crippen LogP) is 4.50. The fraction of sp³-hybridized carbons (Fsp3) is 0.684. The Bertz CT molecular complexity index is 402. The first-order valence-electron chi connectivity index (χ1n) is 8.67. The van der Waals surface area contributed by atoms with Crippen LogP contribution in [0.3, 0.4) is 0 Å². The van der Waals surface area contributed by atoms with Crippen molar-refractivity contribution in [1.29, 1.82) is 0 Å². The summed E-state index contributed by atoms with van der Waals surface area (Å²) in [5, 5.41) is 3.50. The molecule has 0 spiro atoms. The molecule has 2 rings (SSSR count). The molecule has 2 nitrogen and oxygen atoms in total. The highest BCUT2D eigenvalue weighted by Crippen LogP contribution is 2.32. The summed E-state index contributed by atoms with van der Waals surface area (Å²) < 4.78 is 6.13. The first-order valence-corrected chi connectivity index (χ1v) is 8.67. The van der Waals surface area contributed by atoms with Gasteiger partial charge in [0.25, 0.3) is 0 Å². The quantitative estimate of drug-likeness (QED) is 0.676. The molecule has 1 atom stereocenters. The summed E-state index contributed by atoms with van der Waals surface area (Å²) in [6.45, 7) is 7.69. The minimum absolute atomic E-state index is 0.342. The number of rotatable bonds is 9. The second-order valence-corrected chi connectivity index (χ2v) is 6.61. The van der Waals surface area contributed by atoms with E-state index in [2.05, 4.69) is 43.4 Å². The van der Waals surface area contributed by atoms with Crippen molar-refractivity contribution in [3.63, 3.8) is 0 Å². The smallest absolute Gasteiger partial charge is 0.0827 e. The van der Waals surface area contributed by atoms with Gasteiger partial charge in [-0.25, -0.2) is 0 Å². The van der Waals surface area contributed by atoms with Crippen molar-refractivity contribution in [2.45, 2.75) is 58.5 Å². The second-order valence-electron chi connectivity index (χ2n) is 6.61. The van der Waals surface area contributed by atoms with Crippen LogP contribution in [0.5, 0.6) is 0 Å². The molecule has 1 aliphatic rings. The maximum Gasteiger partial charge on any atom is 0.0827 e. The van der Waals surface area contributed by atoms with Crippen LogP contribution in [-0.4, -0.2) is 19.7 Å². The number of fused-ring (bicyclic) bond motifs is 1. The Morgan fingerprint density at radius 3 is 2.90 bits per heavy atom. The van der Waals surface area contributed by atoms with E-state index in [1.165, 1.54) is 49.7 Å². The van der Waals surface area contributed by atoms with E-state index in [9.17, 15) is 0 Å². The van der Waals surface area contributed by atoms with Crippen LogP contribution in [0.4, 0.5) is 0 Å². The van der Waals surface area contributed by atoms with Crippen molar-refractivity contribution in [2.24, 2.45) is 5.92 Å². The van der Waals surface area contributed by atoms with E-state index in [1.807, 2.05) is 0 Å². The average molecular weight is 289 g/mol. The van der Waals surface area contributed by atoms with Gasteiger partial charge in [0, 0.05) is 6.61 Å². The van der Waals surface area contributed by atoms with E-state index in [0.717, 1.165) is 25.6 Å². The first kappa shape index (κ1) is 16.5. The lowest BCUT2D eigenvalue weighted by Gasteiger charge is -2.25. The van der Waals surface area contributed by atoms with Gasteiger partial charge in [0.2, 0.25) is 0 Å². The number of aryl methyl sites for hydroxylation is 1. The molecule has 2 heteroatoms. The third kappa shape index (κ3) is 5.80. The first-order chi connectivity index (χ1) is 10.3. The number of ether oxygens (including phenoxy) is 1. The Hall–Kier alpha value is -0.860. The largest absolute Gasteiger partial charge is 0.374 e.